The first kappa shape index (κ1) is 21.3. The van der Waals surface area contributed by atoms with Crippen molar-refractivity contribution in [2.24, 2.45) is 0 Å². The summed E-state index contributed by atoms with van der Waals surface area (Å²) in [5, 5.41) is 4.05. The van der Waals surface area contributed by atoms with E-state index >= 15 is 0 Å². The number of nitrogens with zero attached hydrogens (tertiary/aromatic N) is 3. The fourth-order valence-corrected chi connectivity index (χ4v) is 5.06. The van der Waals surface area contributed by atoms with E-state index in [0.717, 1.165) is 24.8 Å². The minimum absolute atomic E-state index is 0.00286. The molecule has 0 saturated carbocycles. The first-order chi connectivity index (χ1) is 14.9. The van der Waals surface area contributed by atoms with Crippen LogP contribution < -0.4 is 9.47 Å². The third-order valence-electron chi connectivity index (χ3n) is 5.52. The van der Waals surface area contributed by atoms with Crippen LogP contribution in [0.4, 0.5) is 0 Å². The molecule has 0 bridgehead atoms. The topological polar surface area (TPSA) is 94.8 Å². The monoisotopic (exact) mass is 443 g/mol. The molecule has 0 amide bonds. The first-order valence-electron chi connectivity index (χ1n) is 10.0. The number of rotatable bonds is 7. The summed E-state index contributed by atoms with van der Waals surface area (Å²) in [6.45, 7) is -0.00286. The number of aromatic nitrogens is 2. The van der Waals surface area contributed by atoms with Gasteiger partial charge in [0.2, 0.25) is 21.7 Å². The van der Waals surface area contributed by atoms with Gasteiger partial charge in [0.15, 0.2) is 0 Å². The van der Waals surface area contributed by atoms with Gasteiger partial charge in [-0.25, -0.2) is 8.42 Å². The van der Waals surface area contributed by atoms with Crippen molar-refractivity contribution in [2.45, 2.75) is 31.8 Å². The maximum Gasteiger partial charge on any atom is 0.242 e. The maximum absolute atomic E-state index is 12.7. The van der Waals surface area contributed by atoms with E-state index in [-0.39, 0.29) is 18.5 Å². The molecular formula is C22H25N3O5S. The molecule has 1 aromatic heterocycles. The summed E-state index contributed by atoms with van der Waals surface area (Å²) in [7, 11) is -0.401. The van der Waals surface area contributed by atoms with Gasteiger partial charge in [-0.2, -0.15) is 9.29 Å². The second-order valence-electron chi connectivity index (χ2n) is 7.49. The van der Waals surface area contributed by atoms with Gasteiger partial charge in [-0.3, -0.25) is 0 Å². The molecule has 0 saturated heterocycles. The van der Waals surface area contributed by atoms with Gasteiger partial charge in [0.1, 0.15) is 11.5 Å². The second kappa shape index (κ2) is 8.68. The number of ether oxygens (including phenoxy) is 2. The van der Waals surface area contributed by atoms with Crippen molar-refractivity contribution in [3.63, 3.8) is 0 Å². The fourth-order valence-electron chi connectivity index (χ4n) is 4.04. The third-order valence-corrected chi connectivity index (χ3v) is 6.75. The molecule has 0 N–H and O–H groups in total. The highest BCUT2D eigenvalue weighted by atomic mass is 32.2. The molecule has 0 spiro atoms. The summed E-state index contributed by atoms with van der Waals surface area (Å²) in [4.78, 5) is 4.45. The quantitative estimate of drug-likeness (QED) is 0.551. The van der Waals surface area contributed by atoms with Crippen LogP contribution in [0, 0.1) is 0 Å². The van der Waals surface area contributed by atoms with Gasteiger partial charge in [0.25, 0.3) is 0 Å². The highest BCUT2D eigenvalue weighted by molar-refractivity contribution is 7.88. The van der Waals surface area contributed by atoms with Gasteiger partial charge in [0, 0.05) is 0 Å². The molecule has 1 aliphatic carbocycles. The average molecular weight is 444 g/mol. The molecular weight excluding hydrogens is 418 g/mol. The molecule has 1 heterocycles. The van der Waals surface area contributed by atoms with Gasteiger partial charge in [-0.05, 0) is 48.6 Å². The zero-order chi connectivity index (χ0) is 22.0. The van der Waals surface area contributed by atoms with Crippen LogP contribution in [0.15, 0.2) is 47.0 Å². The van der Waals surface area contributed by atoms with Crippen LogP contribution in [-0.2, 0) is 23.0 Å². The number of aryl methyl sites for hydroxylation is 1. The Hall–Kier alpha value is -2.91. The highest BCUT2D eigenvalue weighted by Gasteiger charge is 2.33. The predicted octanol–water partition coefficient (Wildman–Crippen LogP) is 3.59. The van der Waals surface area contributed by atoms with Crippen molar-refractivity contribution in [1.29, 1.82) is 0 Å². The SMILES string of the molecule is COc1ccc(OC)c(-c2noc(CN([C@@H]3CCCc4ccccc43)S(C)(=O)=O)n2)c1. The summed E-state index contributed by atoms with van der Waals surface area (Å²) >= 11 is 0. The molecule has 1 aliphatic rings. The van der Waals surface area contributed by atoms with Crippen LogP contribution in [0.5, 0.6) is 11.5 Å². The Morgan fingerprint density at radius 2 is 1.97 bits per heavy atom. The van der Waals surface area contributed by atoms with Crippen molar-refractivity contribution in [1.82, 2.24) is 14.4 Å². The number of hydrogen-bond acceptors (Lipinski definition) is 7. The predicted molar refractivity (Wildman–Crippen MR) is 115 cm³/mol. The van der Waals surface area contributed by atoms with Crippen molar-refractivity contribution in [3.05, 3.63) is 59.5 Å². The highest BCUT2D eigenvalue weighted by Crippen LogP contribution is 2.37. The van der Waals surface area contributed by atoms with Crippen LogP contribution in [0.1, 0.15) is 35.9 Å². The number of benzene rings is 2. The standard InChI is InChI=1S/C22H25N3O5S/c1-28-16-11-12-20(29-2)18(13-16)22-23-21(30-24-22)14-25(31(3,26)27)19-10-6-8-15-7-4-5-9-17(15)19/h4-5,7,9,11-13,19H,6,8,10,14H2,1-3H3/t19-/m1/s1. The Morgan fingerprint density at radius 3 is 2.71 bits per heavy atom. The van der Waals surface area contributed by atoms with E-state index in [2.05, 4.69) is 16.2 Å². The lowest BCUT2D eigenvalue weighted by molar-refractivity contribution is 0.251. The Balaban J connectivity index is 1.66. The zero-order valence-corrected chi connectivity index (χ0v) is 18.6. The molecule has 0 aliphatic heterocycles. The van der Waals surface area contributed by atoms with E-state index < -0.39 is 10.0 Å². The minimum atomic E-state index is -3.52. The van der Waals surface area contributed by atoms with Crippen LogP contribution in [0.25, 0.3) is 11.4 Å². The van der Waals surface area contributed by atoms with E-state index in [9.17, 15) is 8.42 Å². The van der Waals surface area contributed by atoms with Gasteiger partial charge in [-0.15, -0.1) is 0 Å². The lowest BCUT2D eigenvalue weighted by Gasteiger charge is -2.33. The van der Waals surface area contributed by atoms with Crippen molar-refractivity contribution >= 4 is 10.0 Å². The van der Waals surface area contributed by atoms with Gasteiger partial charge >= 0.3 is 0 Å². The normalized spacial score (nSPS) is 16.2. The average Bonchev–Trinajstić information content (AvgIpc) is 3.24. The Morgan fingerprint density at radius 1 is 1.16 bits per heavy atom. The van der Waals surface area contributed by atoms with Crippen LogP contribution >= 0.6 is 0 Å². The second-order valence-corrected chi connectivity index (χ2v) is 9.43. The molecule has 164 valence electrons. The van der Waals surface area contributed by atoms with Crippen molar-refractivity contribution in [2.75, 3.05) is 20.5 Å². The van der Waals surface area contributed by atoms with Crippen LogP contribution in [0.2, 0.25) is 0 Å². The molecule has 8 nitrogen and oxygen atoms in total. The summed E-state index contributed by atoms with van der Waals surface area (Å²) in [5.41, 5.74) is 2.82. The Kier molecular flexibility index (Phi) is 5.97. The molecule has 1 atom stereocenters. The Bertz CT molecular complexity index is 1180. The number of sulfonamides is 1. The smallest absolute Gasteiger partial charge is 0.242 e. The summed E-state index contributed by atoms with van der Waals surface area (Å²) < 4.78 is 43.0. The molecule has 3 aromatic rings. The van der Waals surface area contributed by atoms with Crippen LogP contribution in [0.3, 0.4) is 0 Å². The van der Waals surface area contributed by atoms with Gasteiger partial charge < -0.3 is 14.0 Å². The molecule has 4 rings (SSSR count). The van der Waals surface area contributed by atoms with E-state index in [4.69, 9.17) is 14.0 Å². The minimum Gasteiger partial charge on any atom is -0.497 e. The van der Waals surface area contributed by atoms with Crippen molar-refractivity contribution < 1.29 is 22.4 Å². The van der Waals surface area contributed by atoms with E-state index in [1.807, 2.05) is 18.2 Å². The van der Waals surface area contributed by atoms with E-state index in [1.54, 1.807) is 32.4 Å². The number of methoxy groups -OCH3 is 2. The maximum atomic E-state index is 12.7. The van der Waals surface area contributed by atoms with E-state index in [1.165, 1.54) is 16.1 Å². The lowest BCUT2D eigenvalue weighted by Crippen LogP contribution is -2.35. The van der Waals surface area contributed by atoms with Crippen molar-refractivity contribution in [3.8, 4) is 22.9 Å². The third kappa shape index (κ3) is 4.42. The lowest BCUT2D eigenvalue weighted by atomic mass is 9.88. The fraction of sp³-hybridized carbons (Fsp3) is 0.364. The largest absolute Gasteiger partial charge is 0.497 e. The Labute approximate surface area is 181 Å². The first-order valence-corrected chi connectivity index (χ1v) is 11.8. The number of hydrogen-bond donors (Lipinski definition) is 0. The molecule has 31 heavy (non-hydrogen) atoms. The van der Waals surface area contributed by atoms with Gasteiger partial charge in [-0.1, -0.05) is 29.4 Å². The summed E-state index contributed by atoms with van der Waals surface area (Å²) in [6.07, 6.45) is 3.83. The summed E-state index contributed by atoms with van der Waals surface area (Å²) in [5.74, 6) is 1.71. The van der Waals surface area contributed by atoms with Gasteiger partial charge in [0.05, 0.1) is 38.6 Å². The number of fused-ring (bicyclic) bond motifs is 1. The zero-order valence-electron chi connectivity index (χ0n) is 17.7. The molecule has 0 radical (unpaired) electrons. The molecule has 0 unspecified atom stereocenters. The summed E-state index contributed by atoms with van der Waals surface area (Å²) in [6, 6.07) is 13.0. The van der Waals surface area contributed by atoms with E-state index in [0.29, 0.717) is 22.9 Å². The van der Waals surface area contributed by atoms with Crippen LogP contribution in [-0.4, -0.2) is 43.3 Å². The molecule has 0 fully saturated rings. The molecule has 2 aromatic carbocycles. The molecule has 9 heteroatoms.